The van der Waals surface area contributed by atoms with Crippen LogP contribution < -0.4 is 4.74 Å². The molecule has 3 nitrogen and oxygen atoms in total. The number of nitrogens with zero attached hydrogens (tertiary/aromatic N) is 1. The van der Waals surface area contributed by atoms with E-state index in [0.717, 1.165) is 21.3 Å². The van der Waals surface area contributed by atoms with Crippen molar-refractivity contribution in [2.75, 3.05) is 0 Å². The Bertz CT molecular complexity index is 560. The zero-order valence-corrected chi connectivity index (χ0v) is 14.1. The number of thiazole rings is 1. The molecule has 1 heterocycles. The minimum absolute atomic E-state index is 0.100. The lowest BCUT2D eigenvalue weighted by molar-refractivity contribution is 0.0803. The lowest BCUT2D eigenvalue weighted by atomic mass is 9.88. The minimum atomic E-state index is -0.884. The molecule has 2 rings (SSSR count). The topological polar surface area (TPSA) is 42.4 Å². The van der Waals surface area contributed by atoms with Gasteiger partial charge in [0, 0.05) is 5.41 Å². The average molecular weight is 305 g/mol. The fourth-order valence-electron chi connectivity index (χ4n) is 2.01. The van der Waals surface area contributed by atoms with Crippen molar-refractivity contribution >= 4 is 11.3 Å². The summed E-state index contributed by atoms with van der Waals surface area (Å²) in [6.07, 6.45) is 0. The molecule has 21 heavy (non-hydrogen) atoms. The number of benzene rings is 1. The van der Waals surface area contributed by atoms with E-state index in [1.165, 1.54) is 11.3 Å². The third-order valence-electron chi connectivity index (χ3n) is 3.04. The van der Waals surface area contributed by atoms with Gasteiger partial charge in [0.25, 0.3) is 0 Å². The van der Waals surface area contributed by atoms with Crippen LogP contribution in [0, 0.1) is 0 Å². The van der Waals surface area contributed by atoms with E-state index in [-0.39, 0.29) is 5.41 Å². The monoisotopic (exact) mass is 305 g/mol. The molecule has 4 heteroatoms. The molecule has 0 unspecified atom stereocenters. The second-order valence-corrected chi connectivity index (χ2v) is 7.78. The summed E-state index contributed by atoms with van der Waals surface area (Å²) in [6, 6.07) is 9.70. The van der Waals surface area contributed by atoms with Crippen LogP contribution in [-0.4, -0.2) is 10.1 Å². The summed E-state index contributed by atoms with van der Waals surface area (Å²) in [6.45, 7) is 10.4. The van der Waals surface area contributed by atoms with Gasteiger partial charge in [-0.05, 0) is 26.0 Å². The lowest BCUT2D eigenvalue weighted by Crippen LogP contribution is -2.22. The van der Waals surface area contributed by atoms with Gasteiger partial charge in [-0.2, -0.15) is 0 Å². The summed E-state index contributed by atoms with van der Waals surface area (Å²) < 4.78 is 5.75. The van der Waals surface area contributed by atoms with Crippen LogP contribution in [-0.2, 0) is 17.6 Å². The maximum atomic E-state index is 10.4. The first-order valence-electron chi connectivity index (χ1n) is 7.09. The fourth-order valence-corrected chi connectivity index (χ4v) is 3.20. The first-order chi connectivity index (χ1) is 9.68. The summed E-state index contributed by atoms with van der Waals surface area (Å²) in [5.41, 5.74) is -0.0334. The van der Waals surface area contributed by atoms with Gasteiger partial charge in [0.05, 0.1) is 16.2 Å². The zero-order chi connectivity index (χ0) is 15.7. The Balaban J connectivity index is 2.24. The number of rotatable bonds is 4. The highest BCUT2D eigenvalue weighted by molar-refractivity contribution is 7.11. The molecule has 0 fully saturated rings. The Hall–Kier alpha value is -1.39. The van der Waals surface area contributed by atoms with Crippen LogP contribution in [0.2, 0.25) is 0 Å². The summed E-state index contributed by atoms with van der Waals surface area (Å²) in [5.74, 6) is 0.829. The van der Waals surface area contributed by atoms with E-state index in [1.807, 2.05) is 30.3 Å². The molecule has 0 aliphatic carbocycles. The summed E-state index contributed by atoms with van der Waals surface area (Å²) in [4.78, 5) is 5.61. The van der Waals surface area contributed by atoms with Crippen molar-refractivity contribution in [2.24, 2.45) is 0 Å². The van der Waals surface area contributed by atoms with Gasteiger partial charge in [0.2, 0.25) is 0 Å². The van der Waals surface area contributed by atoms with Crippen LogP contribution in [0.15, 0.2) is 30.3 Å². The van der Waals surface area contributed by atoms with Gasteiger partial charge in [0.15, 0.2) is 0 Å². The van der Waals surface area contributed by atoms with E-state index >= 15 is 0 Å². The molecule has 0 bridgehead atoms. The Morgan fingerprint density at radius 3 is 2.19 bits per heavy atom. The number of hydrogen-bond donors (Lipinski definition) is 1. The minimum Gasteiger partial charge on any atom is -0.486 e. The molecule has 0 amide bonds. The summed E-state index contributed by atoms with van der Waals surface area (Å²) >= 11 is 1.53. The van der Waals surface area contributed by atoms with Gasteiger partial charge in [-0.1, -0.05) is 39.0 Å². The molecule has 1 aromatic carbocycles. The van der Waals surface area contributed by atoms with E-state index in [4.69, 9.17) is 9.72 Å². The van der Waals surface area contributed by atoms with Gasteiger partial charge < -0.3 is 9.84 Å². The molecule has 0 radical (unpaired) electrons. The molecule has 0 saturated heterocycles. The highest BCUT2D eigenvalue weighted by Gasteiger charge is 2.31. The molecule has 114 valence electrons. The van der Waals surface area contributed by atoms with Crippen molar-refractivity contribution in [2.45, 2.75) is 52.2 Å². The van der Waals surface area contributed by atoms with E-state index in [1.54, 1.807) is 13.8 Å². The van der Waals surface area contributed by atoms with E-state index in [0.29, 0.717) is 6.61 Å². The highest BCUT2D eigenvalue weighted by Crippen LogP contribution is 2.36. The second kappa shape index (κ2) is 5.78. The van der Waals surface area contributed by atoms with Gasteiger partial charge in [-0.3, -0.25) is 0 Å². The Labute approximate surface area is 130 Å². The summed E-state index contributed by atoms with van der Waals surface area (Å²) in [7, 11) is 0. The van der Waals surface area contributed by atoms with Crippen molar-refractivity contribution in [3.63, 3.8) is 0 Å². The molecular weight excluding hydrogens is 282 g/mol. The van der Waals surface area contributed by atoms with Crippen LogP contribution in [0.4, 0.5) is 0 Å². The standard InChI is InChI=1S/C17H23NO2S/c1-16(2,3)14-15(17(4,5)19)21-13(18-14)11-20-12-9-7-6-8-10-12/h6-10,19H,11H2,1-5H3. The number of aliphatic hydroxyl groups is 1. The lowest BCUT2D eigenvalue weighted by Gasteiger charge is -2.23. The maximum absolute atomic E-state index is 10.4. The van der Waals surface area contributed by atoms with E-state index in [9.17, 15) is 5.11 Å². The van der Waals surface area contributed by atoms with E-state index < -0.39 is 5.60 Å². The molecule has 1 aromatic heterocycles. The van der Waals surface area contributed by atoms with Crippen LogP contribution in [0.3, 0.4) is 0 Å². The third-order valence-corrected chi connectivity index (χ3v) is 4.38. The molecule has 0 aliphatic heterocycles. The summed E-state index contributed by atoms with van der Waals surface area (Å²) in [5, 5.41) is 11.3. The number of ether oxygens (including phenoxy) is 1. The second-order valence-electron chi connectivity index (χ2n) is 6.70. The van der Waals surface area contributed by atoms with Gasteiger partial charge in [0.1, 0.15) is 17.4 Å². The maximum Gasteiger partial charge on any atom is 0.140 e. The molecule has 0 saturated carbocycles. The quantitative estimate of drug-likeness (QED) is 0.918. The number of para-hydroxylation sites is 1. The molecule has 2 aromatic rings. The normalized spacial score (nSPS) is 12.5. The van der Waals surface area contributed by atoms with Crippen molar-refractivity contribution in [1.29, 1.82) is 0 Å². The van der Waals surface area contributed by atoms with E-state index in [2.05, 4.69) is 20.8 Å². The predicted octanol–water partition coefficient (Wildman–Crippen LogP) is 4.25. The zero-order valence-electron chi connectivity index (χ0n) is 13.3. The van der Waals surface area contributed by atoms with Crippen molar-refractivity contribution in [3.8, 4) is 5.75 Å². The highest BCUT2D eigenvalue weighted by atomic mass is 32.1. The first-order valence-corrected chi connectivity index (χ1v) is 7.90. The predicted molar refractivity (Wildman–Crippen MR) is 86.8 cm³/mol. The number of hydrogen-bond acceptors (Lipinski definition) is 4. The van der Waals surface area contributed by atoms with Crippen molar-refractivity contribution in [1.82, 2.24) is 4.98 Å². The average Bonchev–Trinajstić information content (AvgIpc) is 2.82. The molecule has 1 N–H and O–H groups in total. The molecule has 0 atom stereocenters. The Morgan fingerprint density at radius 2 is 1.71 bits per heavy atom. The van der Waals surface area contributed by atoms with Gasteiger partial charge >= 0.3 is 0 Å². The SMILES string of the molecule is CC(C)(C)c1nc(COc2ccccc2)sc1C(C)(C)O. The Kier molecular flexibility index (Phi) is 4.40. The third kappa shape index (κ3) is 4.05. The van der Waals surface area contributed by atoms with Crippen molar-refractivity contribution < 1.29 is 9.84 Å². The van der Waals surface area contributed by atoms with Gasteiger partial charge in [-0.15, -0.1) is 11.3 Å². The van der Waals surface area contributed by atoms with Crippen LogP contribution in [0.1, 0.15) is 50.2 Å². The molecule has 0 spiro atoms. The molecular formula is C17H23NO2S. The van der Waals surface area contributed by atoms with Crippen LogP contribution in [0.5, 0.6) is 5.75 Å². The molecule has 0 aliphatic rings. The Morgan fingerprint density at radius 1 is 1.10 bits per heavy atom. The smallest absolute Gasteiger partial charge is 0.140 e. The number of aromatic nitrogens is 1. The largest absolute Gasteiger partial charge is 0.486 e. The van der Waals surface area contributed by atoms with Gasteiger partial charge in [-0.25, -0.2) is 4.98 Å². The van der Waals surface area contributed by atoms with Crippen LogP contribution in [0.25, 0.3) is 0 Å². The van der Waals surface area contributed by atoms with Crippen molar-refractivity contribution in [3.05, 3.63) is 45.9 Å². The fraction of sp³-hybridized carbons (Fsp3) is 0.471. The first kappa shape index (κ1) is 16.0. The van der Waals surface area contributed by atoms with Crippen LogP contribution >= 0.6 is 11.3 Å².